The predicted molar refractivity (Wildman–Crippen MR) is 73.9 cm³/mol. The van der Waals surface area contributed by atoms with E-state index in [1.165, 1.54) is 6.07 Å². The summed E-state index contributed by atoms with van der Waals surface area (Å²) in [5.41, 5.74) is -0.00230. The summed E-state index contributed by atoms with van der Waals surface area (Å²) in [6, 6.07) is 3.14. The van der Waals surface area contributed by atoms with Crippen molar-refractivity contribution in [3.05, 3.63) is 23.5 Å². The number of amides is 1. The van der Waals surface area contributed by atoms with Gasteiger partial charge in [0, 0.05) is 11.2 Å². The molecule has 0 fully saturated rings. The number of nitrogens with one attached hydrogen (secondary N) is 1. The van der Waals surface area contributed by atoms with E-state index in [9.17, 15) is 9.59 Å². The van der Waals surface area contributed by atoms with Crippen molar-refractivity contribution < 1.29 is 19.4 Å². The van der Waals surface area contributed by atoms with Gasteiger partial charge in [0.15, 0.2) is 17.5 Å². The second-order valence-electron chi connectivity index (χ2n) is 5.60. The lowest BCUT2D eigenvalue weighted by Gasteiger charge is -2.23. The number of carboxylic acids is 1. The van der Waals surface area contributed by atoms with Crippen molar-refractivity contribution in [2.45, 2.75) is 46.3 Å². The maximum Gasteiger partial charge on any atom is 0.358 e. The summed E-state index contributed by atoms with van der Waals surface area (Å²) in [7, 11) is 0. The zero-order valence-electron chi connectivity index (χ0n) is 12.4. The summed E-state index contributed by atoms with van der Waals surface area (Å²) >= 11 is 0. The average Bonchev–Trinajstić information content (AvgIpc) is 2.28. The average molecular weight is 280 g/mol. The number of carboxylic acid groups (broad SMARTS) is 1. The minimum atomic E-state index is -1.19. The Kier molecular flexibility index (Phi) is 4.70. The molecule has 0 spiro atoms. The lowest BCUT2D eigenvalue weighted by molar-refractivity contribution is -0.128. The molecule has 1 unspecified atom stereocenters. The fourth-order valence-corrected chi connectivity index (χ4v) is 1.51. The van der Waals surface area contributed by atoms with Crippen molar-refractivity contribution >= 4 is 11.9 Å². The predicted octanol–water partition coefficient (Wildman–Crippen LogP) is 1.77. The Hall–Kier alpha value is -2.11. The summed E-state index contributed by atoms with van der Waals surface area (Å²) in [5, 5.41) is 11.9. The second-order valence-corrected chi connectivity index (χ2v) is 5.60. The van der Waals surface area contributed by atoms with Crippen LogP contribution in [-0.4, -0.2) is 33.6 Å². The van der Waals surface area contributed by atoms with E-state index in [1.54, 1.807) is 19.9 Å². The number of nitrogens with zero attached hydrogens (tertiary/aromatic N) is 1. The Morgan fingerprint density at radius 1 is 1.35 bits per heavy atom. The van der Waals surface area contributed by atoms with Gasteiger partial charge in [-0.15, -0.1) is 0 Å². The monoisotopic (exact) mass is 280 g/mol. The second kappa shape index (κ2) is 5.90. The van der Waals surface area contributed by atoms with Crippen LogP contribution in [-0.2, 0) is 4.79 Å². The third-order valence-corrected chi connectivity index (χ3v) is 2.37. The first kappa shape index (κ1) is 15.9. The van der Waals surface area contributed by atoms with Crippen molar-refractivity contribution in [2.24, 2.45) is 0 Å². The molecule has 0 bridgehead atoms. The number of hydrogen-bond acceptors (Lipinski definition) is 4. The molecular weight excluding hydrogens is 260 g/mol. The molecule has 0 aliphatic carbocycles. The van der Waals surface area contributed by atoms with Gasteiger partial charge in [0.2, 0.25) is 0 Å². The molecule has 110 valence electrons. The lowest BCUT2D eigenvalue weighted by Crippen LogP contribution is -2.46. The quantitative estimate of drug-likeness (QED) is 0.877. The summed E-state index contributed by atoms with van der Waals surface area (Å²) in [6.45, 7) is 8.81. The fourth-order valence-electron chi connectivity index (χ4n) is 1.51. The van der Waals surface area contributed by atoms with Gasteiger partial charge in [-0.1, -0.05) is 0 Å². The zero-order valence-corrected chi connectivity index (χ0v) is 12.4. The number of aromatic nitrogens is 1. The van der Waals surface area contributed by atoms with Crippen LogP contribution in [0.4, 0.5) is 0 Å². The Bertz CT molecular complexity index is 520. The number of rotatable bonds is 4. The Morgan fingerprint density at radius 3 is 2.45 bits per heavy atom. The van der Waals surface area contributed by atoms with Crippen molar-refractivity contribution in [3.63, 3.8) is 0 Å². The molecule has 1 amide bonds. The molecule has 0 saturated carbocycles. The highest BCUT2D eigenvalue weighted by Gasteiger charge is 2.23. The molecule has 1 rings (SSSR count). The Labute approximate surface area is 118 Å². The summed E-state index contributed by atoms with van der Waals surface area (Å²) < 4.78 is 5.41. The van der Waals surface area contributed by atoms with Crippen LogP contribution in [0, 0.1) is 6.92 Å². The SMILES string of the molecule is Cc1ccc(OC(C)C(=O)NC(C)(C)C)c(C(=O)O)n1. The highest BCUT2D eigenvalue weighted by molar-refractivity contribution is 5.89. The molecule has 1 aromatic rings. The zero-order chi connectivity index (χ0) is 15.5. The summed E-state index contributed by atoms with van der Waals surface area (Å²) in [5.74, 6) is -1.42. The van der Waals surface area contributed by atoms with Gasteiger partial charge >= 0.3 is 5.97 Å². The molecule has 20 heavy (non-hydrogen) atoms. The van der Waals surface area contributed by atoms with Gasteiger partial charge in [-0.2, -0.15) is 0 Å². The number of carbonyl (C=O) groups is 2. The summed E-state index contributed by atoms with van der Waals surface area (Å²) in [4.78, 5) is 26.9. The van der Waals surface area contributed by atoms with E-state index < -0.39 is 12.1 Å². The number of pyridine rings is 1. The molecule has 0 radical (unpaired) electrons. The van der Waals surface area contributed by atoms with Crippen LogP contribution in [0.2, 0.25) is 0 Å². The van der Waals surface area contributed by atoms with E-state index in [1.807, 2.05) is 20.8 Å². The third kappa shape index (κ3) is 4.53. The normalized spacial score (nSPS) is 12.7. The van der Waals surface area contributed by atoms with Gasteiger partial charge < -0.3 is 15.2 Å². The first-order valence-corrected chi connectivity index (χ1v) is 6.30. The largest absolute Gasteiger partial charge is 0.478 e. The van der Waals surface area contributed by atoms with E-state index in [2.05, 4.69) is 10.3 Å². The van der Waals surface area contributed by atoms with Crippen molar-refractivity contribution in [1.82, 2.24) is 10.3 Å². The lowest BCUT2D eigenvalue weighted by atomic mass is 10.1. The third-order valence-electron chi connectivity index (χ3n) is 2.37. The van der Waals surface area contributed by atoms with Gasteiger partial charge in [-0.05, 0) is 46.8 Å². The fraction of sp³-hybridized carbons (Fsp3) is 0.500. The van der Waals surface area contributed by atoms with E-state index in [0.717, 1.165) is 0 Å². The molecule has 1 atom stereocenters. The van der Waals surface area contributed by atoms with Gasteiger partial charge in [0.1, 0.15) is 0 Å². The first-order valence-electron chi connectivity index (χ1n) is 6.30. The van der Waals surface area contributed by atoms with E-state index in [0.29, 0.717) is 5.69 Å². The van der Waals surface area contributed by atoms with Crippen molar-refractivity contribution in [2.75, 3.05) is 0 Å². The Balaban J connectivity index is 2.88. The van der Waals surface area contributed by atoms with Gasteiger partial charge in [0.05, 0.1) is 0 Å². The number of aryl methyl sites for hydroxylation is 1. The van der Waals surface area contributed by atoms with E-state index >= 15 is 0 Å². The molecule has 1 aromatic heterocycles. The number of aromatic carboxylic acids is 1. The van der Waals surface area contributed by atoms with Gasteiger partial charge in [0.25, 0.3) is 5.91 Å². The molecule has 0 aliphatic rings. The van der Waals surface area contributed by atoms with Crippen LogP contribution >= 0.6 is 0 Å². The van der Waals surface area contributed by atoms with Crippen molar-refractivity contribution in [3.8, 4) is 5.75 Å². The maximum absolute atomic E-state index is 11.9. The molecule has 2 N–H and O–H groups in total. The molecule has 0 saturated heterocycles. The van der Waals surface area contributed by atoms with Crippen LogP contribution < -0.4 is 10.1 Å². The molecule has 0 aliphatic heterocycles. The molecule has 6 heteroatoms. The summed E-state index contributed by atoms with van der Waals surface area (Å²) in [6.07, 6.45) is -0.808. The highest BCUT2D eigenvalue weighted by atomic mass is 16.5. The van der Waals surface area contributed by atoms with Crippen LogP contribution in [0.25, 0.3) is 0 Å². The number of carbonyl (C=O) groups excluding carboxylic acids is 1. The number of ether oxygens (including phenoxy) is 1. The minimum Gasteiger partial charge on any atom is -0.478 e. The highest BCUT2D eigenvalue weighted by Crippen LogP contribution is 2.18. The molecular formula is C14H20N2O4. The minimum absolute atomic E-state index is 0.0830. The van der Waals surface area contributed by atoms with Crippen LogP contribution in [0.3, 0.4) is 0 Å². The topological polar surface area (TPSA) is 88.5 Å². The Morgan fingerprint density at radius 2 is 1.95 bits per heavy atom. The standard InChI is InChI=1S/C14H20N2O4/c1-8-6-7-10(11(15-8)13(18)19)20-9(2)12(17)16-14(3,4)5/h6-7,9H,1-5H3,(H,16,17)(H,18,19). The van der Waals surface area contributed by atoms with Gasteiger partial charge in [-0.25, -0.2) is 9.78 Å². The first-order chi connectivity index (χ1) is 9.10. The van der Waals surface area contributed by atoms with Crippen LogP contribution in [0.15, 0.2) is 12.1 Å². The molecule has 1 heterocycles. The van der Waals surface area contributed by atoms with Crippen LogP contribution in [0.1, 0.15) is 43.9 Å². The molecule has 6 nitrogen and oxygen atoms in total. The van der Waals surface area contributed by atoms with Crippen molar-refractivity contribution in [1.29, 1.82) is 0 Å². The smallest absolute Gasteiger partial charge is 0.358 e. The number of hydrogen-bond donors (Lipinski definition) is 2. The maximum atomic E-state index is 11.9. The van der Waals surface area contributed by atoms with Gasteiger partial charge in [-0.3, -0.25) is 4.79 Å². The molecule has 0 aromatic carbocycles. The van der Waals surface area contributed by atoms with Crippen LogP contribution in [0.5, 0.6) is 5.75 Å². The van der Waals surface area contributed by atoms with E-state index in [4.69, 9.17) is 9.84 Å². The van der Waals surface area contributed by atoms with E-state index in [-0.39, 0.29) is 22.9 Å².